The van der Waals surface area contributed by atoms with Crippen molar-refractivity contribution in [1.82, 2.24) is 10.2 Å². The zero-order valence-electron chi connectivity index (χ0n) is 15.0. The Morgan fingerprint density at radius 3 is 2.44 bits per heavy atom. The second kappa shape index (κ2) is 8.14. The van der Waals surface area contributed by atoms with Crippen molar-refractivity contribution in [2.24, 2.45) is 4.99 Å². The standard InChI is InChI=1S/C17H26FN3O3S/c1-19-16(21(2)12-14-4-6-15(18)7-5-14)20-13-17(25(3,22)23)8-10-24-11-9-17/h4-7H,8-13H2,1-3H3,(H,19,20). The lowest BCUT2D eigenvalue weighted by Gasteiger charge is -2.36. The molecule has 0 aromatic heterocycles. The minimum absolute atomic E-state index is 0.275. The van der Waals surface area contributed by atoms with Gasteiger partial charge >= 0.3 is 0 Å². The van der Waals surface area contributed by atoms with Crippen LogP contribution in [0.15, 0.2) is 29.3 Å². The first-order chi connectivity index (χ1) is 11.8. The number of nitrogens with zero attached hydrogens (tertiary/aromatic N) is 2. The van der Waals surface area contributed by atoms with Crippen LogP contribution in [-0.4, -0.2) is 64.1 Å². The van der Waals surface area contributed by atoms with Gasteiger partial charge in [-0.1, -0.05) is 12.1 Å². The van der Waals surface area contributed by atoms with Gasteiger partial charge in [0.25, 0.3) is 0 Å². The molecule has 0 aliphatic carbocycles. The van der Waals surface area contributed by atoms with Crippen LogP contribution in [-0.2, 0) is 21.1 Å². The molecule has 1 fully saturated rings. The van der Waals surface area contributed by atoms with Crippen molar-refractivity contribution in [2.45, 2.75) is 24.1 Å². The topological polar surface area (TPSA) is 71.0 Å². The van der Waals surface area contributed by atoms with Gasteiger partial charge in [-0.3, -0.25) is 4.99 Å². The minimum Gasteiger partial charge on any atom is -0.381 e. The molecular weight excluding hydrogens is 345 g/mol. The van der Waals surface area contributed by atoms with E-state index in [1.807, 2.05) is 11.9 Å². The molecule has 1 aromatic carbocycles. The summed E-state index contributed by atoms with van der Waals surface area (Å²) < 4.78 is 42.1. The Kier molecular flexibility index (Phi) is 6.40. The highest BCUT2D eigenvalue weighted by molar-refractivity contribution is 7.92. The van der Waals surface area contributed by atoms with Gasteiger partial charge in [-0.25, -0.2) is 12.8 Å². The lowest BCUT2D eigenvalue weighted by atomic mass is 9.99. The van der Waals surface area contributed by atoms with Crippen molar-refractivity contribution in [2.75, 3.05) is 40.1 Å². The molecule has 6 nitrogen and oxygen atoms in total. The number of sulfone groups is 1. The van der Waals surface area contributed by atoms with E-state index in [9.17, 15) is 12.8 Å². The van der Waals surface area contributed by atoms with Crippen molar-refractivity contribution >= 4 is 15.8 Å². The summed E-state index contributed by atoms with van der Waals surface area (Å²) in [4.78, 5) is 6.11. The molecule has 0 saturated carbocycles. The fraction of sp³-hybridized carbons (Fsp3) is 0.588. The second-order valence-corrected chi connectivity index (χ2v) is 8.86. The molecule has 8 heteroatoms. The maximum absolute atomic E-state index is 13.0. The maximum Gasteiger partial charge on any atom is 0.193 e. The predicted octanol–water partition coefficient (Wildman–Crippen LogP) is 1.43. The number of ether oxygens (including phenoxy) is 1. The monoisotopic (exact) mass is 371 g/mol. The molecule has 0 unspecified atom stereocenters. The lowest BCUT2D eigenvalue weighted by Crippen LogP contribution is -2.53. The molecule has 1 aromatic rings. The summed E-state index contributed by atoms with van der Waals surface area (Å²) >= 11 is 0. The van der Waals surface area contributed by atoms with E-state index in [1.165, 1.54) is 18.4 Å². The van der Waals surface area contributed by atoms with Crippen molar-refractivity contribution in [3.63, 3.8) is 0 Å². The first kappa shape index (κ1) is 19.7. The van der Waals surface area contributed by atoms with E-state index in [2.05, 4.69) is 10.3 Å². The van der Waals surface area contributed by atoms with E-state index in [0.717, 1.165) is 5.56 Å². The van der Waals surface area contributed by atoms with Gasteiger partial charge in [0, 0.05) is 46.7 Å². The molecule has 140 valence electrons. The largest absolute Gasteiger partial charge is 0.381 e. The molecule has 1 aliphatic rings. The molecule has 1 saturated heterocycles. The molecule has 1 heterocycles. The summed E-state index contributed by atoms with van der Waals surface area (Å²) in [6.45, 7) is 1.71. The third-order valence-corrected chi connectivity index (χ3v) is 6.79. The lowest BCUT2D eigenvalue weighted by molar-refractivity contribution is 0.0755. The Labute approximate surface area is 149 Å². The SMILES string of the molecule is CN=C(NCC1(S(C)(=O)=O)CCOCC1)N(C)Cc1ccc(F)cc1. The van der Waals surface area contributed by atoms with E-state index >= 15 is 0 Å². The number of rotatable bonds is 5. The molecule has 0 radical (unpaired) electrons. The Morgan fingerprint density at radius 1 is 1.32 bits per heavy atom. The fourth-order valence-electron chi connectivity index (χ4n) is 2.99. The summed E-state index contributed by atoms with van der Waals surface area (Å²) in [6, 6.07) is 6.27. The van der Waals surface area contributed by atoms with E-state index in [-0.39, 0.29) is 12.4 Å². The Balaban J connectivity index is 2.04. The van der Waals surface area contributed by atoms with Crippen LogP contribution in [0.3, 0.4) is 0 Å². The van der Waals surface area contributed by atoms with E-state index in [0.29, 0.717) is 38.6 Å². The highest BCUT2D eigenvalue weighted by atomic mass is 32.2. The highest BCUT2D eigenvalue weighted by Crippen LogP contribution is 2.28. The van der Waals surface area contributed by atoms with Gasteiger partial charge in [-0.15, -0.1) is 0 Å². The van der Waals surface area contributed by atoms with Gasteiger partial charge in [-0.2, -0.15) is 0 Å². The average molecular weight is 371 g/mol. The van der Waals surface area contributed by atoms with Crippen LogP contribution in [0, 0.1) is 5.82 Å². The Bertz CT molecular complexity index is 698. The van der Waals surface area contributed by atoms with E-state index in [4.69, 9.17) is 4.74 Å². The zero-order chi connectivity index (χ0) is 18.5. The summed E-state index contributed by atoms with van der Waals surface area (Å²) in [5, 5.41) is 3.19. The van der Waals surface area contributed by atoms with Gasteiger partial charge in [-0.05, 0) is 30.5 Å². The number of hydrogen-bond donors (Lipinski definition) is 1. The van der Waals surface area contributed by atoms with Crippen LogP contribution in [0.4, 0.5) is 4.39 Å². The van der Waals surface area contributed by atoms with Gasteiger partial charge in [0.05, 0.1) is 4.75 Å². The Morgan fingerprint density at radius 2 is 1.92 bits per heavy atom. The zero-order valence-corrected chi connectivity index (χ0v) is 15.8. The molecule has 0 spiro atoms. The van der Waals surface area contributed by atoms with Crippen molar-refractivity contribution in [1.29, 1.82) is 0 Å². The molecular formula is C17H26FN3O3S. The van der Waals surface area contributed by atoms with Gasteiger partial charge in [0.1, 0.15) is 5.82 Å². The number of aliphatic imine (C=N–C) groups is 1. The van der Waals surface area contributed by atoms with Crippen LogP contribution >= 0.6 is 0 Å². The molecule has 0 atom stereocenters. The summed E-state index contributed by atoms with van der Waals surface area (Å²) in [5.74, 6) is 0.322. The van der Waals surface area contributed by atoms with Crippen LogP contribution < -0.4 is 5.32 Å². The quantitative estimate of drug-likeness (QED) is 0.626. The first-order valence-electron chi connectivity index (χ1n) is 8.21. The second-order valence-electron chi connectivity index (χ2n) is 6.45. The third kappa shape index (κ3) is 4.92. The highest BCUT2D eigenvalue weighted by Gasteiger charge is 2.42. The van der Waals surface area contributed by atoms with Crippen LogP contribution in [0.2, 0.25) is 0 Å². The maximum atomic E-state index is 13.0. The number of nitrogens with one attached hydrogen (secondary N) is 1. The van der Waals surface area contributed by atoms with Crippen LogP contribution in [0.25, 0.3) is 0 Å². The number of guanidine groups is 1. The van der Waals surface area contributed by atoms with Crippen LogP contribution in [0.5, 0.6) is 0 Å². The van der Waals surface area contributed by atoms with Crippen molar-refractivity contribution < 1.29 is 17.5 Å². The van der Waals surface area contributed by atoms with Crippen molar-refractivity contribution in [3.8, 4) is 0 Å². The summed E-state index contributed by atoms with van der Waals surface area (Å²) in [5.41, 5.74) is 0.941. The molecule has 1 N–H and O–H groups in total. The number of hydrogen-bond acceptors (Lipinski definition) is 4. The molecule has 2 rings (SSSR count). The number of halogens is 1. The summed E-state index contributed by atoms with van der Waals surface area (Å²) in [6.07, 6.45) is 2.22. The molecule has 0 bridgehead atoms. The van der Waals surface area contributed by atoms with Crippen LogP contribution in [0.1, 0.15) is 18.4 Å². The van der Waals surface area contributed by atoms with E-state index in [1.54, 1.807) is 19.2 Å². The molecule has 25 heavy (non-hydrogen) atoms. The van der Waals surface area contributed by atoms with Gasteiger partial charge < -0.3 is 15.0 Å². The van der Waals surface area contributed by atoms with Crippen molar-refractivity contribution in [3.05, 3.63) is 35.6 Å². The number of benzene rings is 1. The molecule has 0 amide bonds. The summed E-state index contributed by atoms with van der Waals surface area (Å²) in [7, 11) is 0.272. The predicted molar refractivity (Wildman–Crippen MR) is 96.9 cm³/mol. The first-order valence-corrected chi connectivity index (χ1v) is 10.1. The fourth-order valence-corrected chi connectivity index (χ4v) is 4.23. The van der Waals surface area contributed by atoms with Gasteiger partial charge in [0.15, 0.2) is 15.8 Å². The Hall–Kier alpha value is -1.67. The molecule has 1 aliphatic heterocycles. The average Bonchev–Trinajstić information content (AvgIpc) is 2.57. The van der Waals surface area contributed by atoms with E-state index < -0.39 is 14.6 Å². The third-order valence-electron chi connectivity index (χ3n) is 4.67. The smallest absolute Gasteiger partial charge is 0.193 e. The minimum atomic E-state index is -3.24. The van der Waals surface area contributed by atoms with Gasteiger partial charge in [0.2, 0.25) is 0 Å². The normalized spacial score (nSPS) is 18.0.